The van der Waals surface area contributed by atoms with E-state index in [1.807, 2.05) is 32.0 Å². The molecule has 2 rings (SSSR count). The largest absolute Gasteiger partial charge is 0.484 e. The summed E-state index contributed by atoms with van der Waals surface area (Å²) >= 11 is 0. The lowest BCUT2D eigenvalue weighted by Gasteiger charge is -2.34. The fourth-order valence-electron chi connectivity index (χ4n) is 3.06. The standard InChI is InChI=1S/C20H28N2O5/c1-20(2,11-8-18(24)25)21-19(26)15-9-12-22(13-10-15)17(23)14-27-16-6-4-3-5-7-16/h3-7,15H,8-14H2,1-2H3,(H,21,26)(H,24,25). The SMILES string of the molecule is CC(C)(CCC(=O)O)NC(=O)C1CCN(C(=O)COc2ccccc2)CC1. The Balaban J connectivity index is 1.74. The quantitative estimate of drug-likeness (QED) is 0.724. The summed E-state index contributed by atoms with van der Waals surface area (Å²) in [5, 5.41) is 11.7. The number of hydrogen-bond acceptors (Lipinski definition) is 4. The highest BCUT2D eigenvalue weighted by Gasteiger charge is 2.30. The number of nitrogens with one attached hydrogen (secondary N) is 1. The van der Waals surface area contributed by atoms with E-state index in [4.69, 9.17) is 9.84 Å². The van der Waals surface area contributed by atoms with Crippen molar-refractivity contribution in [3.63, 3.8) is 0 Å². The van der Waals surface area contributed by atoms with Crippen molar-refractivity contribution < 1.29 is 24.2 Å². The highest BCUT2D eigenvalue weighted by atomic mass is 16.5. The van der Waals surface area contributed by atoms with Crippen LogP contribution < -0.4 is 10.1 Å². The van der Waals surface area contributed by atoms with E-state index >= 15 is 0 Å². The molecule has 27 heavy (non-hydrogen) atoms. The van der Waals surface area contributed by atoms with Crippen LogP contribution in [-0.2, 0) is 14.4 Å². The van der Waals surface area contributed by atoms with E-state index in [-0.39, 0.29) is 30.8 Å². The molecule has 1 aliphatic rings. The van der Waals surface area contributed by atoms with Gasteiger partial charge in [-0.05, 0) is 45.2 Å². The predicted molar refractivity (Wildman–Crippen MR) is 100 cm³/mol. The Morgan fingerprint density at radius 1 is 1.19 bits per heavy atom. The van der Waals surface area contributed by atoms with Crippen LogP contribution in [0.1, 0.15) is 39.5 Å². The molecule has 148 valence electrons. The van der Waals surface area contributed by atoms with Crippen LogP contribution in [0, 0.1) is 5.92 Å². The number of carbonyl (C=O) groups excluding carboxylic acids is 2. The van der Waals surface area contributed by atoms with Crippen molar-refractivity contribution in [1.29, 1.82) is 0 Å². The molecule has 2 N–H and O–H groups in total. The Morgan fingerprint density at radius 2 is 1.81 bits per heavy atom. The lowest BCUT2D eigenvalue weighted by Crippen LogP contribution is -2.49. The molecule has 1 saturated heterocycles. The average Bonchev–Trinajstić information content (AvgIpc) is 2.65. The van der Waals surface area contributed by atoms with Crippen molar-refractivity contribution in [2.75, 3.05) is 19.7 Å². The van der Waals surface area contributed by atoms with E-state index in [1.54, 1.807) is 17.0 Å². The lowest BCUT2D eigenvalue weighted by molar-refractivity contribution is -0.138. The van der Waals surface area contributed by atoms with Gasteiger partial charge in [0, 0.05) is 31.0 Å². The zero-order valence-corrected chi connectivity index (χ0v) is 15.9. The smallest absolute Gasteiger partial charge is 0.303 e. The molecule has 2 amide bonds. The van der Waals surface area contributed by atoms with Crippen molar-refractivity contribution in [2.24, 2.45) is 5.92 Å². The highest BCUT2D eigenvalue weighted by molar-refractivity contribution is 5.81. The molecule has 1 aromatic carbocycles. The van der Waals surface area contributed by atoms with Gasteiger partial charge in [0.25, 0.3) is 5.91 Å². The average molecular weight is 376 g/mol. The number of para-hydroxylation sites is 1. The maximum absolute atomic E-state index is 12.5. The van der Waals surface area contributed by atoms with Gasteiger partial charge in [-0.3, -0.25) is 14.4 Å². The van der Waals surface area contributed by atoms with Gasteiger partial charge in [0.2, 0.25) is 5.91 Å². The number of likely N-dealkylation sites (tertiary alicyclic amines) is 1. The molecule has 0 saturated carbocycles. The zero-order valence-electron chi connectivity index (χ0n) is 15.9. The highest BCUT2D eigenvalue weighted by Crippen LogP contribution is 2.20. The number of carboxylic acids is 1. The van der Waals surface area contributed by atoms with Gasteiger partial charge in [0.05, 0.1) is 0 Å². The van der Waals surface area contributed by atoms with E-state index in [9.17, 15) is 14.4 Å². The Hall–Kier alpha value is -2.57. The molecule has 7 heteroatoms. The zero-order chi connectivity index (χ0) is 19.9. The Morgan fingerprint density at radius 3 is 2.41 bits per heavy atom. The third kappa shape index (κ3) is 6.92. The second kappa shape index (κ2) is 9.39. The van der Waals surface area contributed by atoms with Gasteiger partial charge in [0.1, 0.15) is 5.75 Å². The Bertz CT molecular complexity index is 652. The van der Waals surface area contributed by atoms with Crippen molar-refractivity contribution >= 4 is 17.8 Å². The molecule has 1 fully saturated rings. The van der Waals surface area contributed by atoms with Gasteiger partial charge in [0.15, 0.2) is 6.61 Å². The van der Waals surface area contributed by atoms with Crippen LogP contribution in [0.3, 0.4) is 0 Å². The molecule has 1 aromatic rings. The molecule has 0 atom stereocenters. The maximum atomic E-state index is 12.5. The Kier molecular flexibility index (Phi) is 7.21. The topological polar surface area (TPSA) is 95.9 Å². The predicted octanol–water partition coefficient (Wildman–Crippen LogP) is 2.06. The molecule has 0 spiro atoms. The van der Waals surface area contributed by atoms with Gasteiger partial charge >= 0.3 is 5.97 Å². The van der Waals surface area contributed by atoms with Gasteiger partial charge in [-0.2, -0.15) is 0 Å². The summed E-state index contributed by atoms with van der Waals surface area (Å²) < 4.78 is 5.49. The van der Waals surface area contributed by atoms with E-state index in [2.05, 4.69) is 5.32 Å². The van der Waals surface area contributed by atoms with Crippen molar-refractivity contribution in [3.8, 4) is 5.75 Å². The molecule has 1 heterocycles. The number of benzene rings is 1. The molecular weight excluding hydrogens is 348 g/mol. The number of rotatable bonds is 8. The first-order chi connectivity index (χ1) is 12.8. The summed E-state index contributed by atoms with van der Waals surface area (Å²) in [6, 6.07) is 9.18. The molecule has 0 unspecified atom stereocenters. The number of piperidine rings is 1. The fourth-order valence-corrected chi connectivity index (χ4v) is 3.06. The Labute approximate surface area is 159 Å². The van der Waals surface area contributed by atoms with Crippen LogP contribution in [0.5, 0.6) is 5.75 Å². The van der Waals surface area contributed by atoms with Crippen LogP contribution in [0.25, 0.3) is 0 Å². The molecule has 1 aliphatic heterocycles. The second-order valence-electron chi connectivity index (χ2n) is 7.52. The van der Waals surface area contributed by atoms with Crippen LogP contribution >= 0.6 is 0 Å². The fraction of sp³-hybridized carbons (Fsp3) is 0.550. The third-order valence-corrected chi connectivity index (χ3v) is 4.75. The summed E-state index contributed by atoms with van der Waals surface area (Å²) in [6.07, 6.45) is 1.58. The first kappa shape index (κ1) is 20.7. The summed E-state index contributed by atoms with van der Waals surface area (Å²) in [5.41, 5.74) is -0.564. The number of amides is 2. The van der Waals surface area contributed by atoms with E-state index in [0.717, 1.165) is 0 Å². The van der Waals surface area contributed by atoms with Crippen molar-refractivity contribution in [1.82, 2.24) is 10.2 Å². The van der Waals surface area contributed by atoms with Crippen molar-refractivity contribution in [3.05, 3.63) is 30.3 Å². The van der Waals surface area contributed by atoms with Crippen LogP contribution in [0.2, 0.25) is 0 Å². The number of nitrogens with zero attached hydrogens (tertiary/aromatic N) is 1. The minimum Gasteiger partial charge on any atom is -0.484 e. The van der Waals surface area contributed by atoms with Gasteiger partial charge < -0.3 is 20.1 Å². The number of carbonyl (C=O) groups is 3. The first-order valence-corrected chi connectivity index (χ1v) is 9.26. The molecule has 0 radical (unpaired) electrons. The van der Waals surface area contributed by atoms with Crippen LogP contribution in [0.4, 0.5) is 0 Å². The minimum absolute atomic E-state index is 0.0108. The summed E-state index contributed by atoms with van der Waals surface area (Å²) in [7, 11) is 0. The van der Waals surface area contributed by atoms with E-state index < -0.39 is 11.5 Å². The number of aliphatic carboxylic acids is 1. The number of ether oxygens (including phenoxy) is 1. The summed E-state index contributed by atoms with van der Waals surface area (Å²) in [5.74, 6) is -0.531. The van der Waals surface area contributed by atoms with Gasteiger partial charge in [-0.15, -0.1) is 0 Å². The third-order valence-electron chi connectivity index (χ3n) is 4.75. The van der Waals surface area contributed by atoms with Crippen LogP contribution in [0.15, 0.2) is 30.3 Å². The summed E-state index contributed by atoms with van der Waals surface area (Å²) in [6.45, 7) is 4.68. The van der Waals surface area contributed by atoms with Crippen molar-refractivity contribution in [2.45, 2.75) is 45.1 Å². The molecule has 0 aromatic heterocycles. The molecular formula is C20H28N2O5. The van der Waals surface area contributed by atoms with E-state index in [1.165, 1.54) is 0 Å². The first-order valence-electron chi connectivity index (χ1n) is 9.26. The normalized spacial score (nSPS) is 15.3. The molecule has 7 nitrogen and oxygen atoms in total. The van der Waals surface area contributed by atoms with Gasteiger partial charge in [-0.1, -0.05) is 18.2 Å². The van der Waals surface area contributed by atoms with E-state index in [0.29, 0.717) is 38.1 Å². The van der Waals surface area contributed by atoms with Gasteiger partial charge in [-0.25, -0.2) is 0 Å². The maximum Gasteiger partial charge on any atom is 0.303 e. The lowest BCUT2D eigenvalue weighted by atomic mass is 9.92. The minimum atomic E-state index is -0.873. The summed E-state index contributed by atoms with van der Waals surface area (Å²) in [4.78, 5) is 37.2. The number of hydrogen-bond donors (Lipinski definition) is 2. The monoisotopic (exact) mass is 376 g/mol. The molecule has 0 aliphatic carbocycles. The van der Waals surface area contributed by atoms with Crippen LogP contribution in [-0.4, -0.2) is 53.0 Å². The molecule has 0 bridgehead atoms. The number of carboxylic acid groups (broad SMARTS) is 1. The second-order valence-corrected chi connectivity index (χ2v) is 7.52.